The third-order valence-corrected chi connectivity index (χ3v) is 3.70. The molecule has 0 fully saturated rings. The van der Waals surface area contributed by atoms with Crippen molar-refractivity contribution in [1.29, 1.82) is 0 Å². The van der Waals surface area contributed by atoms with Gasteiger partial charge in [0.1, 0.15) is 0 Å². The Hall–Kier alpha value is -0.860. The van der Waals surface area contributed by atoms with Gasteiger partial charge in [0.15, 0.2) is 0 Å². The molecular weight excluding hydrogens is 246 g/mol. The largest absolute Gasteiger partial charge is 0.390 e. The van der Waals surface area contributed by atoms with Crippen molar-refractivity contribution in [3.63, 3.8) is 0 Å². The second-order valence-corrected chi connectivity index (χ2v) is 6.70. The Morgan fingerprint density at radius 3 is 2.25 bits per heavy atom. The van der Waals surface area contributed by atoms with Crippen molar-refractivity contribution < 1.29 is 5.11 Å². The first kappa shape index (κ1) is 17.2. The third kappa shape index (κ3) is 8.34. The van der Waals surface area contributed by atoms with E-state index in [4.69, 9.17) is 0 Å². The number of nitrogens with one attached hydrogen (secondary N) is 1. The maximum absolute atomic E-state index is 9.70. The van der Waals surface area contributed by atoms with Crippen molar-refractivity contribution in [2.24, 2.45) is 0 Å². The minimum absolute atomic E-state index is 0.517. The summed E-state index contributed by atoms with van der Waals surface area (Å²) >= 11 is 0. The summed E-state index contributed by atoms with van der Waals surface area (Å²) in [6, 6.07) is 11.7. The molecule has 0 amide bonds. The minimum Gasteiger partial charge on any atom is -0.390 e. The van der Waals surface area contributed by atoms with Crippen LogP contribution in [0.5, 0.6) is 0 Å². The van der Waals surface area contributed by atoms with Crippen molar-refractivity contribution in [2.75, 3.05) is 0 Å². The summed E-state index contributed by atoms with van der Waals surface area (Å²) in [7, 11) is 0. The van der Waals surface area contributed by atoms with E-state index in [0.29, 0.717) is 12.1 Å². The molecule has 0 saturated carbocycles. The van der Waals surface area contributed by atoms with E-state index in [0.717, 1.165) is 25.7 Å². The van der Waals surface area contributed by atoms with Crippen molar-refractivity contribution in [3.8, 4) is 0 Å². The Morgan fingerprint density at radius 1 is 1.05 bits per heavy atom. The predicted octanol–water partition coefficient (Wildman–Crippen LogP) is 3.93. The van der Waals surface area contributed by atoms with Crippen molar-refractivity contribution in [2.45, 2.75) is 77.5 Å². The molecule has 2 heteroatoms. The molecule has 0 spiro atoms. The Morgan fingerprint density at radius 2 is 1.65 bits per heavy atom. The van der Waals surface area contributed by atoms with Crippen molar-refractivity contribution in [3.05, 3.63) is 35.9 Å². The van der Waals surface area contributed by atoms with E-state index in [-0.39, 0.29) is 0 Å². The number of rotatable bonds is 9. The van der Waals surface area contributed by atoms with Crippen LogP contribution in [-0.2, 0) is 6.42 Å². The second kappa shape index (κ2) is 8.43. The highest BCUT2D eigenvalue weighted by atomic mass is 16.3. The molecule has 0 aromatic heterocycles. The highest BCUT2D eigenvalue weighted by Crippen LogP contribution is 2.13. The predicted molar refractivity (Wildman–Crippen MR) is 87.0 cm³/mol. The van der Waals surface area contributed by atoms with Gasteiger partial charge >= 0.3 is 0 Å². The summed E-state index contributed by atoms with van der Waals surface area (Å²) in [5, 5.41) is 13.4. The van der Waals surface area contributed by atoms with Crippen LogP contribution in [-0.4, -0.2) is 22.8 Å². The second-order valence-electron chi connectivity index (χ2n) is 6.70. The molecule has 114 valence electrons. The van der Waals surface area contributed by atoms with E-state index < -0.39 is 5.60 Å². The number of hydrogen-bond acceptors (Lipinski definition) is 2. The fraction of sp³-hybridized carbons (Fsp3) is 0.667. The zero-order chi connectivity index (χ0) is 15.0. The lowest BCUT2D eigenvalue weighted by atomic mass is 9.99. The maximum Gasteiger partial charge on any atom is 0.0591 e. The molecule has 0 aliphatic rings. The molecule has 20 heavy (non-hydrogen) atoms. The average Bonchev–Trinajstić information content (AvgIpc) is 2.36. The number of aliphatic hydroxyl groups is 1. The molecule has 0 heterocycles. The molecule has 2 nitrogen and oxygen atoms in total. The van der Waals surface area contributed by atoms with Crippen LogP contribution in [0.4, 0.5) is 0 Å². The van der Waals surface area contributed by atoms with Crippen LogP contribution in [0.3, 0.4) is 0 Å². The van der Waals surface area contributed by atoms with Crippen molar-refractivity contribution in [1.82, 2.24) is 5.32 Å². The van der Waals surface area contributed by atoms with Crippen LogP contribution in [0.15, 0.2) is 30.3 Å². The van der Waals surface area contributed by atoms with Gasteiger partial charge in [-0.2, -0.15) is 0 Å². The molecule has 1 aromatic carbocycles. The van der Waals surface area contributed by atoms with Gasteiger partial charge in [-0.1, -0.05) is 30.3 Å². The zero-order valence-electron chi connectivity index (χ0n) is 13.5. The van der Waals surface area contributed by atoms with Gasteiger partial charge in [0.25, 0.3) is 0 Å². The number of aryl methyl sites for hydroxylation is 1. The van der Waals surface area contributed by atoms with Crippen LogP contribution in [0.2, 0.25) is 0 Å². The first-order chi connectivity index (χ1) is 9.37. The fourth-order valence-electron chi connectivity index (χ4n) is 2.52. The lowest BCUT2D eigenvalue weighted by Gasteiger charge is -2.22. The molecule has 0 bridgehead atoms. The Kier molecular flexibility index (Phi) is 7.25. The smallest absolute Gasteiger partial charge is 0.0591 e. The summed E-state index contributed by atoms with van der Waals surface area (Å²) in [6.07, 6.45) is 5.37. The fourth-order valence-corrected chi connectivity index (χ4v) is 2.52. The maximum atomic E-state index is 9.70. The summed E-state index contributed by atoms with van der Waals surface area (Å²) < 4.78 is 0. The molecular formula is C18H31NO. The molecule has 1 rings (SSSR count). The first-order valence-electron chi connectivity index (χ1n) is 7.89. The van der Waals surface area contributed by atoms with Gasteiger partial charge in [0, 0.05) is 12.1 Å². The van der Waals surface area contributed by atoms with Gasteiger partial charge in [0.2, 0.25) is 0 Å². The van der Waals surface area contributed by atoms with E-state index in [1.165, 1.54) is 12.0 Å². The first-order valence-corrected chi connectivity index (χ1v) is 7.89. The average molecular weight is 277 g/mol. The van der Waals surface area contributed by atoms with Gasteiger partial charge in [-0.25, -0.2) is 0 Å². The quantitative estimate of drug-likeness (QED) is 0.717. The Balaban J connectivity index is 2.16. The van der Waals surface area contributed by atoms with Crippen LogP contribution in [0.1, 0.15) is 58.9 Å². The summed E-state index contributed by atoms with van der Waals surface area (Å²) in [4.78, 5) is 0. The van der Waals surface area contributed by atoms with Gasteiger partial charge in [-0.05, 0) is 65.4 Å². The monoisotopic (exact) mass is 277 g/mol. The topological polar surface area (TPSA) is 32.3 Å². The van der Waals surface area contributed by atoms with E-state index in [2.05, 4.69) is 49.5 Å². The molecule has 0 radical (unpaired) electrons. The SMILES string of the molecule is C[C@@H](CCCC(C)(C)O)N[C@@H](C)CCc1ccccc1. The zero-order valence-corrected chi connectivity index (χ0v) is 13.5. The molecule has 0 saturated heterocycles. The highest BCUT2D eigenvalue weighted by molar-refractivity contribution is 5.14. The number of hydrogen-bond donors (Lipinski definition) is 2. The van der Waals surface area contributed by atoms with E-state index >= 15 is 0 Å². The molecule has 1 aromatic rings. The van der Waals surface area contributed by atoms with Gasteiger partial charge < -0.3 is 10.4 Å². The standard InChI is InChI=1S/C18H31NO/c1-15(9-8-14-18(3,4)20)19-16(2)12-13-17-10-6-5-7-11-17/h5-7,10-11,15-16,19-20H,8-9,12-14H2,1-4H3/t15-,16-/m0/s1. The molecule has 2 N–H and O–H groups in total. The van der Waals surface area contributed by atoms with Crippen LogP contribution < -0.4 is 5.32 Å². The number of benzene rings is 1. The lowest BCUT2D eigenvalue weighted by Crippen LogP contribution is -2.35. The van der Waals surface area contributed by atoms with E-state index in [9.17, 15) is 5.11 Å². The summed E-state index contributed by atoms with van der Waals surface area (Å²) in [5.41, 5.74) is 0.884. The normalized spacial score (nSPS) is 15.1. The van der Waals surface area contributed by atoms with Gasteiger partial charge in [-0.15, -0.1) is 0 Å². The molecule has 2 atom stereocenters. The molecule has 0 unspecified atom stereocenters. The van der Waals surface area contributed by atoms with Crippen LogP contribution >= 0.6 is 0 Å². The van der Waals surface area contributed by atoms with E-state index in [1.54, 1.807) is 0 Å². The summed E-state index contributed by atoms with van der Waals surface area (Å²) in [5.74, 6) is 0. The van der Waals surface area contributed by atoms with E-state index in [1.807, 2.05) is 13.8 Å². The Labute approximate surface area is 124 Å². The molecule has 0 aliphatic carbocycles. The van der Waals surface area contributed by atoms with Crippen LogP contribution in [0, 0.1) is 0 Å². The Bertz CT molecular complexity index is 355. The third-order valence-electron chi connectivity index (χ3n) is 3.70. The van der Waals surface area contributed by atoms with Crippen LogP contribution in [0.25, 0.3) is 0 Å². The van der Waals surface area contributed by atoms with Crippen molar-refractivity contribution >= 4 is 0 Å². The van der Waals surface area contributed by atoms with Gasteiger partial charge in [0.05, 0.1) is 5.60 Å². The summed E-state index contributed by atoms with van der Waals surface area (Å²) in [6.45, 7) is 8.26. The molecule has 0 aliphatic heterocycles. The van der Waals surface area contributed by atoms with Gasteiger partial charge in [-0.3, -0.25) is 0 Å². The minimum atomic E-state index is -0.529. The lowest BCUT2D eigenvalue weighted by molar-refractivity contribution is 0.0674. The highest BCUT2D eigenvalue weighted by Gasteiger charge is 2.13.